The Labute approximate surface area is 126 Å². The van der Waals surface area contributed by atoms with Crippen LogP contribution >= 0.6 is 27.3 Å². The molecule has 1 unspecified atom stereocenters. The number of nitrogens with two attached hydrogens (primary N) is 1. The van der Waals surface area contributed by atoms with Gasteiger partial charge in [0.2, 0.25) is 0 Å². The van der Waals surface area contributed by atoms with E-state index in [1.165, 1.54) is 20.5 Å². The van der Waals surface area contributed by atoms with Crippen molar-refractivity contribution in [1.82, 2.24) is 4.90 Å². The summed E-state index contributed by atoms with van der Waals surface area (Å²) in [4.78, 5) is 3.89. The van der Waals surface area contributed by atoms with Crippen LogP contribution in [-0.4, -0.2) is 17.5 Å². The summed E-state index contributed by atoms with van der Waals surface area (Å²) in [6, 6.07) is 11.4. The van der Waals surface area contributed by atoms with Gasteiger partial charge in [0.25, 0.3) is 0 Å². The Hall–Kier alpha value is -0.680. The number of nitrogens with zero attached hydrogens (tertiary/aromatic N) is 1. The second-order valence-electron chi connectivity index (χ2n) is 5.00. The van der Waals surface area contributed by atoms with Crippen molar-refractivity contribution in [3.63, 3.8) is 0 Å². The maximum absolute atomic E-state index is 5.96. The van der Waals surface area contributed by atoms with Crippen molar-refractivity contribution in [3.8, 4) is 0 Å². The number of rotatable bonds is 3. The molecular formula is C15H17BrN2S. The van der Waals surface area contributed by atoms with Gasteiger partial charge in [-0.05, 0) is 39.5 Å². The lowest BCUT2D eigenvalue weighted by Crippen LogP contribution is -2.44. The lowest BCUT2D eigenvalue weighted by atomic mass is 9.94. The van der Waals surface area contributed by atoms with E-state index < -0.39 is 0 Å². The van der Waals surface area contributed by atoms with Gasteiger partial charge in [-0.25, -0.2) is 0 Å². The van der Waals surface area contributed by atoms with Gasteiger partial charge in [0, 0.05) is 40.4 Å². The van der Waals surface area contributed by atoms with E-state index in [0.29, 0.717) is 6.04 Å². The smallest absolute Gasteiger partial charge is 0.0335 e. The highest BCUT2D eigenvalue weighted by atomic mass is 79.9. The molecule has 0 aliphatic carbocycles. The molecular weight excluding hydrogens is 320 g/mol. The van der Waals surface area contributed by atoms with E-state index in [1.54, 1.807) is 0 Å². The molecule has 1 aliphatic heterocycles. The molecule has 0 saturated heterocycles. The molecule has 0 bridgehead atoms. The molecule has 2 nitrogen and oxygen atoms in total. The second-order valence-corrected chi connectivity index (χ2v) is 6.91. The fourth-order valence-corrected chi connectivity index (χ4v) is 4.17. The van der Waals surface area contributed by atoms with Crippen LogP contribution in [0.5, 0.6) is 0 Å². The quantitative estimate of drug-likeness (QED) is 0.930. The molecule has 0 radical (unpaired) electrons. The van der Waals surface area contributed by atoms with Crippen molar-refractivity contribution in [3.05, 3.63) is 56.2 Å². The Morgan fingerprint density at radius 3 is 2.79 bits per heavy atom. The third-order valence-corrected chi connectivity index (χ3v) is 5.40. The van der Waals surface area contributed by atoms with Gasteiger partial charge in [-0.2, -0.15) is 0 Å². The summed E-state index contributed by atoms with van der Waals surface area (Å²) in [6.45, 7) is 2.72. The van der Waals surface area contributed by atoms with Crippen molar-refractivity contribution >= 4 is 27.3 Å². The van der Waals surface area contributed by atoms with Crippen LogP contribution in [0, 0.1) is 0 Å². The largest absolute Gasteiger partial charge is 0.329 e. The average Bonchev–Trinajstić information content (AvgIpc) is 2.83. The second kappa shape index (κ2) is 5.75. The standard InChI is InChI=1S/C15H17BrN2S/c16-13-6-15(19-10-13)9-18-8-12-4-2-1-3-11(12)5-14(18)7-17/h1-4,6,10,14H,5,7-9,17H2. The highest BCUT2D eigenvalue weighted by Crippen LogP contribution is 2.27. The molecule has 1 aromatic heterocycles. The Bertz CT molecular complexity index is 567. The first-order valence-corrected chi connectivity index (χ1v) is 8.17. The summed E-state index contributed by atoms with van der Waals surface area (Å²) in [6.07, 6.45) is 1.07. The number of halogens is 1. The van der Waals surface area contributed by atoms with E-state index in [9.17, 15) is 0 Å². The molecule has 0 amide bonds. The van der Waals surface area contributed by atoms with E-state index in [0.717, 1.165) is 26.1 Å². The summed E-state index contributed by atoms with van der Waals surface area (Å²) in [5.74, 6) is 0. The van der Waals surface area contributed by atoms with E-state index in [4.69, 9.17) is 5.73 Å². The number of benzene rings is 1. The third-order valence-electron chi connectivity index (χ3n) is 3.72. The number of fused-ring (bicyclic) bond motifs is 1. The van der Waals surface area contributed by atoms with Crippen molar-refractivity contribution in [2.75, 3.05) is 6.54 Å². The number of thiophene rings is 1. The van der Waals surface area contributed by atoms with Gasteiger partial charge in [0.1, 0.15) is 0 Å². The predicted octanol–water partition coefficient (Wildman–Crippen LogP) is 3.40. The molecule has 0 saturated carbocycles. The molecule has 1 aliphatic rings. The zero-order valence-corrected chi connectivity index (χ0v) is 13.1. The third kappa shape index (κ3) is 2.92. The van der Waals surface area contributed by atoms with Gasteiger partial charge in [0.05, 0.1) is 0 Å². The summed E-state index contributed by atoms with van der Waals surface area (Å²) in [5.41, 5.74) is 8.87. The van der Waals surface area contributed by atoms with Crippen molar-refractivity contribution in [1.29, 1.82) is 0 Å². The topological polar surface area (TPSA) is 29.3 Å². The lowest BCUT2D eigenvalue weighted by Gasteiger charge is -2.36. The van der Waals surface area contributed by atoms with Crippen LogP contribution < -0.4 is 5.73 Å². The fraction of sp³-hybridized carbons (Fsp3) is 0.333. The fourth-order valence-electron chi connectivity index (χ4n) is 2.70. The molecule has 0 spiro atoms. The highest BCUT2D eigenvalue weighted by molar-refractivity contribution is 9.10. The van der Waals surface area contributed by atoms with Crippen LogP contribution in [0.3, 0.4) is 0 Å². The SMILES string of the molecule is NCC1Cc2ccccc2CN1Cc1cc(Br)cs1. The van der Waals surface area contributed by atoms with E-state index in [1.807, 2.05) is 11.3 Å². The first-order valence-electron chi connectivity index (χ1n) is 6.50. The van der Waals surface area contributed by atoms with Crippen LogP contribution in [0.25, 0.3) is 0 Å². The summed E-state index contributed by atoms with van der Waals surface area (Å²) in [7, 11) is 0. The average molecular weight is 337 g/mol. The molecule has 2 N–H and O–H groups in total. The molecule has 1 atom stereocenters. The van der Waals surface area contributed by atoms with Gasteiger partial charge >= 0.3 is 0 Å². The molecule has 3 rings (SSSR count). The minimum absolute atomic E-state index is 0.454. The molecule has 0 fully saturated rings. The summed E-state index contributed by atoms with van der Waals surface area (Å²) in [5, 5.41) is 2.14. The molecule has 2 heterocycles. The van der Waals surface area contributed by atoms with Gasteiger partial charge in [0.15, 0.2) is 0 Å². The van der Waals surface area contributed by atoms with Gasteiger partial charge < -0.3 is 5.73 Å². The molecule has 100 valence electrons. The maximum atomic E-state index is 5.96. The zero-order chi connectivity index (χ0) is 13.2. The first-order chi connectivity index (χ1) is 9.26. The van der Waals surface area contributed by atoms with Gasteiger partial charge in [-0.1, -0.05) is 24.3 Å². The van der Waals surface area contributed by atoms with E-state index >= 15 is 0 Å². The van der Waals surface area contributed by atoms with Crippen LogP contribution in [0.1, 0.15) is 16.0 Å². The van der Waals surface area contributed by atoms with Crippen molar-refractivity contribution in [2.24, 2.45) is 5.73 Å². The molecule has 2 aromatic rings. The van der Waals surface area contributed by atoms with E-state index in [2.05, 4.69) is 56.5 Å². The first kappa shape index (κ1) is 13.3. The minimum Gasteiger partial charge on any atom is -0.329 e. The van der Waals surface area contributed by atoms with Gasteiger partial charge in [-0.15, -0.1) is 11.3 Å². The van der Waals surface area contributed by atoms with E-state index in [-0.39, 0.29) is 0 Å². The molecule has 4 heteroatoms. The van der Waals surface area contributed by atoms with Gasteiger partial charge in [-0.3, -0.25) is 4.90 Å². The van der Waals surface area contributed by atoms with Crippen LogP contribution in [0.15, 0.2) is 40.2 Å². The Kier molecular flexibility index (Phi) is 4.03. The highest BCUT2D eigenvalue weighted by Gasteiger charge is 2.25. The Morgan fingerprint density at radius 1 is 1.32 bits per heavy atom. The lowest BCUT2D eigenvalue weighted by molar-refractivity contribution is 0.168. The van der Waals surface area contributed by atoms with Crippen LogP contribution in [-0.2, 0) is 19.5 Å². The predicted molar refractivity (Wildman–Crippen MR) is 84.3 cm³/mol. The Balaban J connectivity index is 1.81. The monoisotopic (exact) mass is 336 g/mol. The van der Waals surface area contributed by atoms with Crippen LogP contribution in [0.2, 0.25) is 0 Å². The van der Waals surface area contributed by atoms with Crippen LogP contribution in [0.4, 0.5) is 0 Å². The minimum atomic E-state index is 0.454. The van der Waals surface area contributed by atoms with Crippen molar-refractivity contribution in [2.45, 2.75) is 25.6 Å². The van der Waals surface area contributed by atoms with Crippen molar-refractivity contribution < 1.29 is 0 Å². The zero-order valence-electron chi connectivity index (χ0n) is 10.7. The molecule has 19 heavy (non-hydrogen) atoms. The number of hydrogen-bond acceptors (Lipinski definition) is 3. The molecule has 1 aromatic carbocycles. The normalized spacial score (nSPS) is 19.4. The summed E-state index contributed by atoms with van der Waals surface area (Å²) < 4.78 is 1.18. The summed E-state index contributed by atoms with van der Waals surface area (Å²) >= 11 is 5.33. The number of hydrogen-bond donors (Lipinski definition) is 1. The maximum Gasteiger partial charge on any atom is 0.0335 e. The Morgan fingerprint density at radius 2 is 2.11 bits per heavy atom.